The molecule has 0 bridgehead atoms. The molecule has 0 aliphatic heterocycles. The highest BCUT2D eigenvalue weighted by Gasteiger charge is 2.24. The van der Waals surface area contributed by atoms with E-state index < -0.39 is 17.7 Å². The first-order valence-corrected chi connectivity index (χ1v) is 26.5. The van der Waals surface area contributed by atoms with Gasteiger partial charge in [0.05, 0.1) is 61.9 Å². The molecule has 4 aromatic carbocycles. The number of aromatic amines is 4. The normalized spacial score (nSPS) is 10.9. The molecule has 8 rings (SSSR count). The Morgan fingerprint density at radius 1 is 0.494 bits per heavy atom. The second-order valence-corrected chi connectivity index (χ2v) is 19.2. The second-order valence-electron chi connectivity index (χ2n) is 19.2. The predicted octanol–water partition coefficient (Wildman–Crippen LogP) is 13.6. The number of methoxy groups -OCH3 is 1. The number of esters is 1. The Balaban J connectivity index is 0.000000194. The van der Waals surface area contributed by atoms with Crippen LogP contribution in [0.2, 0.25) is 0 Å². The number of H-pyrrole nitrogens is 4. The number of carbonyl (C=O) groups excluding carboxylic acids is 1. The standard InChI is InChI=1S/C16H20F2N2O.C16H19FN2O3.C15H20N2O.C14H17FN2O/c1-11-15(12(2)20-19-11)8-5-9-21-14-7-4-6-13(10-14)16(3,17)18;1-10-13(11(2)19-18-10)5-4-8-22-15-9-12(16(20)21-3)6-7-14(15)17;1-11-7-4-5-9-15(11)18-10-6-8-14-12(2)16-17-13(14)3;1-10-14(11(2)17-16-10)4-3-9-18-13-7-5-12(15)6-8-13/h4,6-7,10H,5,8-9H2,1-3H3,(H,19,20);6-7,9H,4-5,8H2,1-3H3,(H,18,19);4-5,7,9H,6,8,10H2,1-3H3,(H,16,17);5-8H,3-4,9H2,1-2H3,(H,16,17). The first-order valence-electron chi connectivity index (χ1n) is 26.5. The Morgan fingerprint density at radius 2 is 0.924 bits per heavy atom. The number of para-hydroxylation sites is 1. The molecule has 14 nitrogen and oxygen atoms in total. The van der Waals surface area contributed by atoms with Crippen LogP contribution in [0.4, 0.5) is 17.6 Å². The van der Waals surface area contributed by atoms with E-state index in [4.69, 9.17) is 18.9 Å². The number of carbonyl (C=O) groups is 1. The van der Waals surface area contributed by atoms with Gasteiger partial charge in [0.25, 0.3) is 5.92 Å². The van der Waals surface area contributed by atoms with E-state index in [0.717, 1.165) is 116 Å². The van der Waals surface area contributed by atoms with Gasteiger partial charge in [0.15, 0.2) is 11.6 Å². The van der Waals surface area contributed by atoms with Crippen LogP contribution in [0, 0.1) is 73.9 Å². The number of nitrogens with one attached hydrogen (secondary N) is 4. The monoisotopic (exact) mass is 1090 g/mol. The third-order valence-electron chi connectivity index (χ3n) is 13.1. The quantitative estimate of drug-likeness (QED) is 0.0290. The fourth-order valence-electron chi connectivity index (χ4n) is 8.48. The largest absolute Gasteiger partial charge is 0.494 e. The van der Waals surface area contributed by atoms with Crippen molar-refractivity contribution < 1.29 is 46.0 Å². The Kier molecular flexibility index (Phi) is 24.2. The van der Waals surface area contributed by atoms with E-state index in [2.05, 4.69) is 65.4 Å². The summed E-state index contributed by atoms with van der Waals surface area (Å²) in [5.41, 5.74) is 14.9. The lowest BCUT2D eigenvalue weighted by atomic mass is 10.1. The lowest BCUT2D eigenvalue weighted by Gasteiger charge is -2.12. The van der Waals surface area contributed by atoms with Crippen molar-refractivity contribution in [1.82, 2.24) is 40.8 Å². The van der Waals surface area contributed by atoms with Crippen LogP contribution < -0.4 is 18.9 Å². The highest BCUT2D eigenvalue weighted by Crippen LogP contribution is 2.30. The van der Waals surface area contributed by atoms with Gasteiger partial charge in [-0.15, -0.1) is 0 Å². The zero-order valence-electron chi connectivity index (χ0n) is 47.4. The number of benzene rings is 4. The molecule has 0 aliphatic carbocycles. The van der Waals surface area contributed by atoms with Crippen LogP contribution in [0.5, 0.6) is 23.0 Å². The van der Waals surface area contributed by atoms with E-state index in [-0.39, 0.29) is 22.7 Å². The van der Waals surface area contributed by atoms with Gasteiger partial charge in [0.2, 0.25) is 0 Å². The minimum atomic E-state index is -2.84. The molecule has 8 aromatic rings. The maximum atomic E-state index is 13.7. The van der Waals surface area contributed by atoms with Gasteiger partial charge in [0.1, 0.15) is 23.1 Å². The number of nitrogens with zero attached hydrogens (tertiary/aromatic N) is 4. The minimum Gasteiger partial charge on any atom is -0.494 e. The van der Waals surface area contributed by atoms with Gasteiger partial charge in [-0.1, -0.05) is 30.3 Å². The van der Waals surface area contributed by atoms with Crippen molar-refractivity contribution >= 4 is 5.97 Å². The molecule has 4 heterocycles. The fraction of sp³-hybridized carbons (Fsp3) is 0.393. The van der Waals surface area contributed by atoms with Crippen molar-refractivity contribution in [3.05, 3.63) is 187 Å². The Bertz CT molecular complexity index is 3040. The van der Waals surface area contributed by atoms with Gasteiger partial charge in [-0.25, -0.2) is 22.4 Å². The molecule has 0 unspecified atom stereocenters. The average Bonchev–Trinajstić information content (AvgIpc) is 4.15. The second kappa shape index (κ2) is 30.9. The SMILES string of the molecule is COC(=O)c1ccc(F)c(OCCCc2c(C)n[nH]c2C)c1.Cc1ccccc1OCCCc1c(C)n[nH]c1C.Cc1n[nH]c(C)c1CCCOc1ccc(F)cc1.Cc1n[nH]c(C)c1CCCOc1cccc(C(C)(F)F)c1. The molecule has 0 atom stereocenters. The Hall–Kier alpha value is -7.89. The summed E-state index contributed by atoms with van der Waals surface area (Å²) in [7, 11) is 1.28. The zero-order chi connectivity index (χ0) is 57.5. The molecule has 0 amide bonds. The van der Waals surface area contributed by atoms with E-state index in [1.165, 1.54) is 77.5 Å². The predicted molar refractivity (Wildman–Crippen MR) is 299 cm³/mol. The van der Waals surface area contributed by atoms with Gasteiger partial charge < -0.3 is 23.7 Å². The molecule has 0 fully saturated rings. The number of halogens is 4. The van der Waals surface area contributed by atoms with Crippen molar-refractivity contribution in [1.29, 1.82) is 0 Å². The molecular weight excluding hydrogens is 1020 g/mol. The minimum absolute atomic E-state index is 0.0264. The van der Waals surface area contributed by atoms with Gasteiger partial charge >= 0.3 is 5.97 Å². The van der Waals surface area contributed by atoms with Gasteiger partial charge in [-0.2, -0.15) is 20.4 Å². The molecule has 0 saturated heterocycles. The molecule has 0 spiro atoms. The van der Waals surface area contributed by atoms with Crippen molar-refractivity contribution in [2.24, 2.45) is 0 Å². The van der Waals surface area contributed by atoms with Crippen molar-refractivity contribution in [2.75, 3.05) is 33.5 Å². The van der Waals surface area contributed by atoms with Crippen LogP contribution in [0.15, 0.2) is 91.0 Å². The average molecular weight is 1090 g/mol. The first kappa shape index (κ1) is 62.0. The van der Waals surface area contributed by atoms with E-state index >= 15 is 0 Å². The zero-order valence-corrected chi connectivity index (χ0v) is 47.4. The molecule has 4 aromatic heterocycles. The number of ether oxygens (including phenoxy) is 5. The summed E-state index contributed by atoms with van der Waals surface area (Å²) in [4.78, 5) is 11.4. The van der Waals surface area contributed by atoms with Crippen molar-refractivity contribution in [2.45, 2.75) is 127 Å². The Labute approximate surface area is 461 Å². The number of hydrogen-bond acceptors (Lipinski definition) is 10. The summed E-state index contributed by atoms with van der Waals surface area (Å²) < 4.78 is 79.7. The fourth-order valence-corrected chi connectivity index (χ4v) is 8.48. The topological polar surface area (TPSA) is 178 Å². The number of aromatic nitrogens is 8. The van der Waals surface area contributed by atoms with Gasteiger partial charge in [-0.3, -0.25) is 20.4 Å². The van der Waals surface area contributed by atoms with E-state index in [9.17, 15) is 22.4 Å². The lowest BCUT2D eigenvalue weighted by Crippen LogP contribution is -2.07. The van der Waals surface area contributed by atoms with E-state index in [0.29, 0.717) is 31.3 Å². The molecule has 0 saturated carbocycles. The van der Waals surface area contributed by atoms with Crippen LogP contribution in [0.3, 0.4) is 0 Å². The smallest absolute Gasteiger partial charge is 0.337 e. The molecule has 0 aliphatic rings. The molecular formula is C61H76F4N8O6. The third kappa shape index (κ3) is 19.8. The number of hydrogen-bond donors (Lipinski definition) is 4. The summed E-state index contributed by atoms with van der Waals surface area (Å²) in [5, 5.41) is 28.5. The number of aryl methyl sites for hydroxylation is 9. The maximum Gasteiger partial charge on any atom is 0.337 e. The van der Waals surface area contributed by atoms with E-state index in [1.807, 2.05) is 66.7 Å². The van der Waals surface area contributed by atoms with Gasteiger partial charge in [0, 0.05) is 35.3 Å². The van der Waals surface area contributed by atoms with Crippen LogP contribution in [0.1, 0.15) is 122 Å². The van der Waals surface area contributed by atoms with Crippen LogP contribution >= 0.6 is 0 Å². The lowest BCUT2D eigenvalue weighted by molar-refractivity contribution is 0.0172. The maximum absolute atomic E-state index is 13.7. The first-order chi connectivity index (χ1) is 37.7. The third-order valence-corrected chi connectivity index (χ3v) is 13.1. The highest BCUT2D eigenvalue weighted by atomic mass is 19.3. The highest BCUT2D eigenvalue weighted by molar-refractivity contribution is 5.89. The van der Waals surface area contributed by atoms with Crippen molar-refractivity contribution in [3.63, 3.8) is 0 Å². The summed E-state index contributed by atoms with van der Waals surface area (Å²) in [5.74, 6) is -1.87. The molecule has 79 heavy (non-hydrogen) atoms. The molecule has 0 radical (unpaired) electrons. The van der Waals surface area contributed by atoms with Crippen LogP contribution in [-0.4, -0.2) is 80.3 Å². The van der Waals surface area contributed by atoms with Crippen molar-refractivity contribution in [3.8, 4) is 23.0 Å². The number of rotatable bonds is 22. The summed E-state index contributed by atoms with van der Waals surface area (Å²) in [6.07, 6.45) is 7.07. The number of alkyl halides is 2. The summed E-state index contributed by atoms with van der Waals surface area (Å²) in [6, 6.07) is 24.2. The summed E-state index contributed by atoms with van der Waals surface area (Å²) >= 11 is 0. The van der Waals surface area contributed by atoms with E-state index in [1.54, 1.807) is 24.3 Å². The van der Waals surface area contributed by atoms with Crippen LogP contribution in [-0.2, 0) is 36.3 Å². The molecule has 424 valence electrons. The molecule has 18 heteroatoms. The Morgan fingerprint density at radius 3 is 1.34 bits per heavy atom. The van der Waals surface area contributed by atoms with Gasteiger partial charge in [-0.05, 0) is 202 Å². The summed E-state index contributed by atoms with van der Waals surface area (Å²) in [6.45, 7) is 21.2. The van der Waals surface area contributed by atoms with Crippen LogP contribution in [0.25, 0.3) is 0 Å². The molecule has 4 N–H and O–H groups in total.